The summed E-state index contributed by atoms with van der Waals surface area (Å²) in [6.07, 6.45) is 1.25. The van der Waals surface area contributed by atoms with Gasteiger partial charge in [-0.1, -0.05) is 23.7 Å². The van der Waals surface area contributed by atoms with Crippen LogP contribution in [0.5, 0.6) is 0 Å². The minimum atomic E-state index is 0.178. The highest BCUT2D eigenvalue weighted by Gasteiger charge is 2.27. The Morgan fingerprint density at radius 1 is 1.36 bits per heavy atom. The molecule has 0 radical (unpaired) electrons. The number of hydrogen-bond donors (Lipinski definition) is 1. The Balaban J connectivity index is 2.17. The van der Waals surface area contributed by atoms with Crippen molar-refractivity contribution in [3.8, 4) is 0 Å². The molecule has 3 heteroatoms. The fourth-order valence-electron chi connectivity index (χ4n) is 1.87. The van der Waals surface area contributed by atoms with E-state index >= 15 is 0 Å². The molecule has 1 aliphatic rings. The molecule has 76 valence electrons. The summed E-state index contributed by atoms with van der Waals surface area (Å²) < 4.78 is 5.68. The third-order valence-electron chi connectivity index (χ3n) is 2.66. The van der Waals surface area contributed by atoms with Gasteiger partial charge < -0.3 is 10.1 Å². The highest BCUT2D eigenvalue weighted by atomic mass is 35.5. The third-order valence-corrected chi connectivity index (χ3v) is 2.91. The lowest BCUT2D eigenvalue weighted by Crippen LogP contribution is -2.27. The summed E-state index contributed by atoms with van der Waals surface area (Å²) in [6, 6.07) is 8.30. The van der Waals surface area contributed by atoms with Crippen LogP contribution < -0.4 is 5.32 Å². The van der Waals surface area contributed by atoms with Crippen molar-refractivity contribution in [2.24, 2.45) is 0 Å². The van der Waals surface area contributed by atoms with Crippen LogP contribution in [-0.2, 0) is 4.74 Å². The summed E-state index contributed by atoms with van der Waals surface area (Å²) in [5.41, 5.74) is 1.20. The van der Waals surface area contributed by atoms with E-state index in [9.17, 15) is 0 Å². The van der Waals surface area contributed by atoms with Gasteiger partial charge in [0.25, 0.3) is 0 Å². The average molecular weight is 212 g/mol. The summed E-state index contributed by atoms with van der Waals surface area (Å²) in [5, 5.41) is 4.04. The topological polar surface area (TPSA) is 21.3 Å². The Kier molecular flexibility index (Phi) is 3.06. The normalized spacial score (nSPS) is 26.7. The molecule has 1 aromatic rings. The molecular formula is C11H14ClNO. The Morgan fingerprint density at radius 2 is 2.07 bits per heavy atom. The van der Waals surface area contributed by atoms with Gasteiger partial charge in [-0.3, -0.25) is 0 Å². The number of hydrogen-bond acceptors (Lipinski definition) is 2. The molecule has 2 atom stereocenters. The Labute approximate surface area is 89.2 Å². The predicted molar refractivity (Wildman–Crippen MR) is 57.6 cm³/mol. The molecule has 1 heterocycles. The van der Waals surface area contributed by atoms with Gasteiger partial charge in [-0.25, -0.2) is 0 Å². The van der Waals surface area contributed by atoms with E-state index < -0.39 is 0 Å². The molecule has 1 saturated heterocycles. The molecule has 0 spiro atoms. The van der Waals surface area contributed by atoms with Crippen molar-refractivity contribution in [1.29, 1.82) is 0 Å². The molecular weight excluding hydrogens is 198 g/mol. The third kappa shape index (κ3) is 1.92. The van der Waals surface area contributed by atoms with Crippen LogP contribution in [-0.4, -0.2) is 19.7 Å². The SMILES string of the molecule is CNC1CCOC1c1ccc(Cl)cc1. The number of rotatable bonds is 2. The Hall–Kier alpha value is -0.570. The van der Waals surface area contributed by atoms with E-state index in [1.807, 2.05) is 31.3 Å². The lowest BCUT2D eigenvalue weighted by atomic mass is 10.0. The van der Waals surface area contributed by atoms with Gasteiger partial charge in [-0.15, -0.1) is 0 Å². The second-order valence-electron chi connectivity index (χ2n) is 3.53. The van der Waals surface area contributed by atoms with Crippen LogP contribution in [0.1, 0.15) is 18.1 Å². The highest BCUT2D eigenvalue weighted by Crippen LogP contribution is 2.29. The fourth-order valence-corrected chi connectivity index (χ4v) is 1.99. The molecule has 2 rings (SSSR count). The zero-order valence-corrected chi connectivity index (χ0v) is 8.92. The van der Waals surface area contributed by atoms with Gasteiger partial charge in [0, 0.05) is 17.7 Å². The largest absolute Gasteiger partial charge is 0.372 e. The zero-order valence-electron chi connectivity index (χ0n) is 8.16. The van der Waals surface area contributed by atoms with Crippen molar-refractivity contribution in [2.45, 2.75) is 18.6 Å². The first-order valence-corrected chi connectivity index (χ1v) is 5.23. The van der Waals surface area contributed by atoms with E-state index in [1.165, 1.54) is 5.56 Å². The van der Waals surface area contributed by atoms with Crippen LogP contribution in [0.3, 0.4) is 0 Å². The van der Waals surface area contributed by atoms with E-state index in [-0.39, 0.29) is 6.10 Å². The van der Waals surface area contributed by atoms with Crippen molar-refractivity contribution < 1.29 is 4.74 Å². The van der Waals surface area contributed by atoms with Crippen LogP contribution >= 0.6 is 11.6 Å². The number of nitrogens with one attached hydrogen (secondary N) is 1. The van der Waals surface area contributed by atoms with E-state index in [1.54, 1.807) is 0 Å². The second kappa shape index (κ2) is 4.30. The van der Waals surface area contributed by atoms with Crippen LogP contribution in [0.25, 0.3) is 0 Å². The Morgan fingerprint density at radius 3 is 2.71 bits per heavy atom. The van der Waals surface area contributed by atoms with Gasteiger partial charge in [0.15, 0.2) is 0 Å². The monoisotopic (exact) mass is 211 g/mol. The smallest absolute Gasteiger partial charge is 0.0978 e. The van der Waals surface area contributed by atoms with Gasteiger partial charge in [0.1, 0.15) is 0 Å². The van der Waals surface area contributed by atoms with Gasteiger partial charge in [0.05, 0.1) is 6.10 Å². The highest BCUT2D eigenvalue weighted by molar-refractivity contribution is 6.30. The van der Waals surface area contributed by atoms with Gasteiger partial charge in [-0.2, -0.15) is 0 Å². The second-order valence-corrected chi connectivity index (χ2v) is 3.96. The van der Waals surface area contributed by atoms with E-state index in [0.29, 0.717) is 6.04 Å². The number of halogens is 1. The van der Waals surface area contributed by atoms with E-state index in [0.717, 1.165) is 18.1 Å². The summed E-state index contributed by atoms with van der Waals surface area (Å²) >= 11 is 5.83. The van der Waals surface area contributed by atoms with Gasteiger partial charge in [-0.05, 0) is 31.2 Å². The van der Waals surface area contributed by atoms with Gasteiger partial charge >= 0.3 is 0 Å². The maximum absolute atomic E-state index is 5.83. The van der Waals surface area contributed by atoms with Crippen LogP contribution in [0.15, 0.2) is 24.3 Å². The predicted octanol–water partition coefficient (Wildman–Crippen LogP) is 2.39. The van der Waals surface area contributed by atoms with Crippen molar-refractivity contribution in [2.75, 3.05) is 13.7 Å². The fraction of sp³-hybridized carbons (Fsp3) is 0.455. The quantitative estimate of drug-likeness (QED) is 0.811. The molecule has 1 aromatic carbocycles. The molecule has 0 amide bonds. The van der Waals surface area contributed by atoms with Crippen molar-refractivity contribution >= 4 is 11.6 Å². The summed E-state index contributed by atoms with van der Waals surface area (Å²) in [4.78, 5) is 0. The first-order valence-electron chi connectivity index (χ1n) is 4.85. The minimum Gasteiger partial charge on any atom is -0.372 e. The number of likely N-dealkylation sites (N-methyl/N-ethyl adjacent to an activating group) is 1. The molecule has 0 aliphatic carbocycles. The first kappa shape index (κ1) is 9.97. The molecule has 0 bridgehead atoms. The molecule has 0 saturated carbocycles. The molecule has 2 unspecified atom stereocenters. The van der Waals surface area contributed by atoms with Crippen molar-refractivity contribution in [1.82, 2.24) is 5.32 Å². The molecule has 2 nitrogen and oxygen atoms in total. The molecule has 1 N–H and O–H groups in total. The Bertz CT molecular complexity index is 299. The summed E-state index contributed by atoms with van der Waals surface area (Å²) in [5.74, 6) is 0. The average Bonchev–Trinajstić information content (AvgIpc) is 2.67. The number of ether oxygens (including phenoxy) is 1. The maximum Gasteiger partial charge on any atom is 0.0978 e. The van der Waals surface area contributed by atoms with Crippen LogP contribution in [0, 0.1) is 0 Å². The van der Waals surface area contributed by atoms with E-state index in [4.69, 9.17) is 16.3 Å². The minimum absolute atomic E-state index is 0.178. The maximum atomic E-state index is 5.83. The lowest BCUT2D eigenvalue weighted by Gasteiger charge is -2.17. The lowest BCUT2D eigenvalue weighted by molar-refractivity contribution is 0.100. The number of benzene rings is 1. The summed E-state index contributed by atoms with van der Waals surface area (Å²) in [6.45, 7) is 0.832. The van der Waals surface area contributed by atoms with Crippen molar-refractivity contribution in [3.63, 3.8) is 0 Å². The summed E-state index contributed by atoms with van der Waals surface area (Å²) in [7, 11) is 1.97. The van der Waals surface area contributed by atoms with E-state index in [2.05, 4.69) is 5.32 Å². The van der Waals surface area contributed by atoms with Crippen LogP contribution in [0.2, 0.25) is 5.02 Å². The first-order chi connectivity index (χ1) is 6.81. The van der Waals surface area contributed by atoms with Crippen molar-refractivity contribution in [3.05, 3.63) is 34.9 Å². The molecule has 0 aromatic heterocycles. The molecule has 14 heavy (non-hydrogen) atoms. The molecule has 1 fully saturated rings. The zero-order chi connectivity index (χ0) is 9.97. The standard InChI is InChI=1S/C11H14ClNO/c1-13-10-6-7-14-11(10)8-2-4-9(12)5-3-8/h2-5,10-11,13H,6-7H2,1H3. The molecule has 1 aliphatic heterocycles. The van der Waals surface area contributed by atoms with Gasteiger partial charge in [0.2, 0.25) is 0 Å². The van der Waals surface area contributed by atoms with Crippen LogP contribution in [0.4, 0.5) is 0 Å².